The fourth-order valence-electron chi connectivity index (χ4n) is 1.86. The molecule has 0 bridgehead atoms. The summed E-state index contributed by atoms with van der Waals surface area (Å²) in [6.45, 7) is 12.6. The zero-order valence-corrected chi connectivity index (χ0v) is 12.5. The average Bonchev–Trinajstić information content (AvgIpc) is 1.81. The van der Waals surface area contributed by atoms with Gasteiger partial charge in [0, 0.05) is 26.4 Å². The molecule has 0 amide bonds. The first-order chi connectivity index (χ1) is 4.98. The van der Waals surface area contributed by atoms with Gasteiger partial charge in [0.15, 0.2) is 0 Å². The molecule has 0 aromatic heterocycles. The van der Waals surface area contributed by atoms with Crippen molar-refractivity contribution in [3.05, 3.63) is 0 Å². The second-order valence-corrected chi connectivity index (χ2v) is 17.3. The van der Waals surface area contributed by atoms with Crippen LogP contribution in [0.4, 0.5) is 0 Å². The molecule has 0 aliphatic carbocycles. The summed E-state index contributed by atoms with van der Waals surface area (Å²) >= 11 is 0. The summed E-state index contributed by atoms with van der Waals surface area (Å²) in [6, 6.07) is 1.52. The lowest BCUT2D eigenvalue weighted by atomic mass is 11.0. The molecule has 0 fully saturated rings. The predicted molar refractivity (Wildman–Crippen MR) is 105 cm³/mol. The molecule has 17 heavy (non-hydrogen) atoms. The molecule has 0 saturated carbocycles. The van der Waals surface area contributed by atoms with Gasteiger partial charge in [-0.05, 0) is 0 Å². The highest BCUT2D eigenvalue weighted by atomic mass is 28.4. The van der Waals surface area contributed by atoms with Crippen LogP contribution in [0.15, 0.2) is 0 Å². The van der Waals surface area contributed by atoms with E-state index in [4.69, 9.17) is 0 Å². The Morgan fingerprint density at radius 2 is 1.24 bits per heavy atom. The first kappa shape index (κ1) is 43.1. The van der Waals surface area contributed by atoms with E-state index in [0.29, 0.717) is 9.52 Å². The Morgan fingerprint density at radius 1 is 0.882 bits per heavy atom. The smallest absolute Gasteiger partial charge is 0.0413 e. The van der Waals surface area contributed by atoms with Gasteiger partial charge in [0.2, 0.25) is 0 Å². The minimum absolute atomic E-state index is 0. The summed E-state index contributed by atoms with van der Waals surface area (Å²) in [7, 11) is -0.560. The summed E-state index contributed by atoms with van der Waals surface area (Å²) < 4.78 is 0. The standard InChI is InChI=1S/C8H24Si3.6CH4/c1-6-9-7-11(4,5)8-10(2)3;;;;;;/h10H,6-9H2,1-5H3;6*1H4. The fourth-order valence-corrected chi connectivity index (χ4v) is 18.6. The third kappa shape index (κ3) is 31.5. The van der Waals surface area contributed by atoms with Crippen molar-refractivity contribution in [3.8, 4) is 0 Å². The van der Waals surface area contributed by atoms with Gasteiger partial charge in [0.1, 0.15) is 0 Å². The quantitative estimate of drug-likeness (QED) is 0.538. The summed E-state index contributed by atoms with van der Waals surface area (Å²) in [5, 5.41) is 0. The van der Waals surface area contributed by atoms with Gasteiger partial charge in [-0.25, -0.2) is 0 Å². The lowest BCUT2D eigenvalue weighted by Crippen LogP contribution is -2.31. The van der Waals surface area contributed by atoms with Crippen LogP contribution in [0.3, 0.4) is 0 Å². The third-order valence-electron chi connectivity index (χ3n) is 2.17. The maximum atomic E-state index is 2.60. The van der Waals surface area contributed by atoms with Gasteiger partial charge in [-0.1, -0.05) is 95.1 Å². The Morgan fingerprint density at radius 3 is 1.47 bits per heavy atom. The highest BCUT2D eigenvalue weighted by Crippen LogP contribution is 2.16. The van der Waals surface area contributed by atoms with Crippen molar-refractivity contribution in [3.63, 3.8) is 0 Å². The molecule has 0 heterocycles. The second kappa shape index (κ2) is 21.9. The van der Waals surface area contributed by atoms with Gasteiger partial charge in [0.05, 0.1) is 0 Å². The molecule has 0 spiro atoms. The average molecular weight is 301 g/mol. The molecule has 0 radical (unpaired) electrons. The van der Waals surface area contributed by atoms with Crippen molar-refractivity contribution in [1.82, 2.24) is 0 Å². The van der Waals surface area contributed by atoms with E-state index >= 15 is 0 Å². The van der Waals surface area contributed by atoms with Gasteiger partial charge >= 0.3 is 0 Å². The normalized spacial score (nSPS) is 8.82. The molecule has 0 rings (SSSR count). The lowest BCUT2D eigenvalue weighted by molar-refractivity contribution is 1.42. The number of hydrogen-bond donors (Lipinski definition) is 0. The van der Waals surface area contributed by atoms with Crippen molar-refractivity contribution < 1.29 is 0 Å². The van der Waals surface area contributed by atoms with Crippen molar-refractivity contribution in [2.75, 3.05) is 0 Å². The second-order valence-electron chi connectivity index (χ2n) is 4.87. The van der Waals surface area contributed by atoms with E-state index in [1.807, 2.05) is 0 Å². The number of hydrogen-bond acceptors (Lipinski definition) is 0. The van der Waals surface area contributed by atoms with Crippen LogP contribution in [0.1, 0.15) is 51.5 Å². The zero-order chi connectivity index (χ0) is 8.91. The molecule has 3 heteroatoms. The topological polar surface area (TPSA) is 0 Å². The van der Waals surface area contributed by atoms with Crippen LogP contribution in [0, 0.1) is 0 Å². The van der Waals surface area contributed by atoms with Crippen molar-refractivity contribution in [1.29, 1.82) is 0 Å². The van der Waals surface area contributed by atoms with Crippen molar-refractivity contribution >= 4 is 26.4 Å². The minimum Gasteiger partial charge on any atom is -0.0776 e. The predicted octanol–water partition coefficient (Wildman–Crippen LogP) is 6.10. The summed E-state index contributed by atoms with van der Waals surface area (Å²) in [5.41, 5.74) is 3.38. The first-order valence-corrected chi connectivity index (χ1v) is 13.5. The summed E-state index contributed by atoms with van der Waals surface area (Å²) in [6.07, 6.45) is 0. The fraction of sp³-hybridized carbons (Fsp3) is 1.00. The SMILES string of the molecule is C.C.C.C.C.C.CC[SiH2]C[Si](C)(C)C[SiH](C)C. The van der Waals surface area contributed by atoms with Crippen LogP contribution in [-0.2, 0) is 0 Å². The third-order valence-corrected chi connectivity index (χ3v) is 17.4. The molecule has 0 nitrogen and oxygen atoms in total. The van der Waals surface area contributed by atoms with Gasteiger partial charge in [-0.15, -0.1) is 0 Å². The van der Waals surface area contributed by atoms with Crippen LogP contribution in [-0.4, -0.2) is 26.4 Å². The van der Waals surface area contributed by atoms with E-state index < -0.39 is 8.07 Å². The number of rotatable bonds is 5. The lowest BCUT2D eigenvalue weighted by Gasteiger charge is -2.23. The molecule has 0 saturated heterocycles. The Kier molecular flexibility index (Phi) is 55.5. The summed E-state index contributed by atoms with van der Waals surface area (Å²) in [5.74, 6) is 0. The van der Waals surface area contributed by atoms with E-state index in [0.717, 1.165) is 0 Å². The highest BCUT2D eigenvalue weighted by molar-refractivity contribution is 6.92. The maximum absolute atomic E-state index is 2.60. The summed E-state index contributed by atoms with van der Waals surface area (Å²) in [4.78, 5) is 0. The minimum atomic E-state index is -0.664. The van der Waals surface area contributed by atoms with Crippen LogP contribution in [0.2, 0.25) is 43.6 Å². The monoisotopic (exact) mass is 300 g/mol. The van der Waals surface area contributed by atoms with E-state index in [1.165, 1.54) is 6.04 Å². The molecule has 0 atom stereocenters. The molecule has 0 N–H and O–H groups in total. The van der Waals surface area contributed by atoms with Crippen molar-refractivity contribution in [2.45, 2.75) is 95.1 Å². The van der Waals surface area contributed by atoms with Crippen LogP contribution in [0.25, 0.3) is 0 Å². The molecule has 0 aromatic carbocycles. The molecule has 0 aliphatic heterocycles. The Labute approximate surface area is 121 Å². The zero-order valence-electron chi connectivity index (χ0n) is 8.91. The highest BCUT2D eigenvalue weighted by Gasteiger charge is 2.20. The maximum Gasteiger partial charge on any atom is 0.0413 e. The Bertz CT molecular complexity index is 102. The first-order valence-electron chi connectivity index (χ1n) is 4.98. The van der Waals surface area contributed by atoms with E-state index in [1.54, 1.807) is 11.3 Å². The van der Waals surface area contributed by atoms with Gasteiger partial charge < -0.3 is 0 Å². The molecular weight excluding hydrogens is 252 g/mol. The van der Waals surface area contributed by atoms with Crippen LogP contribution < -0.4 is 0 Å². The largest absolute Gasteiger partial charge is 0.0776 e. The molecular formula is C14H48Si3. The van der Waals surface area contributed by atoms with Gasteiger partial charge in [-0.3, -0.25) is 0 Å². The molecule has 0 aromatic rings. The molecule has 0 aliphatic rings. The molecule has 0 unspecified atom stereocenters. The van der Waals surface area contributed by atoms with Crippen LogP contribution in [0.5, 0.6) is 0 Å². The van der Waals surface area contributed by atoms with Crippen molar-refractivity contribution in [2.24, 2.45) is 0 Å². The Balaban J connectivity index is -0.0000000333. The Hall–Kier alpha value is 0.651. The van der Waals surface area contributed by atoms with E-state index in [2.05, 4.69) is 33.1 Å². The van der Waals surface area contributed by atoms with Gasteiger partial charge in [0.25, 0.3) is 0 Å². The molecule has 116 valence electrons. The van der Waals surface area contributed by atoms with Crippen LogP contribution >= 0.6 is 0 Å². The van der Waals surface area contributed by atoms with E-state index in [-0.39, 0.29) is 53.4 Å². The van der Waals surface area contributed by atoms with E-state index in [9.17, 15) is 0 Å². The van der Waals surface area contributed by atoms with Gasteiger partial charge in [-0.2, -0.15) is 0 Å².